The number of carbonyl (C=O) groups is 1. The SMILES string of the molecule is O=C1CC([c-]2cccc2)Oc2ccccc21.[Fe+2].c1cc[cH-]c1. The Morgan fingerprint density at radius 3 is 2.32 bits per heavy atom. The fourth-order valence-corrected chi connectivity index (χ4v) is 2.38. The second kappa shape index (κ2) is 7.79. The molecule has 112 valence electrons. The van der Waals surface area contributed by atoms with E-state index in [9.17, 15) is 4.79 Å². The van der Waals surface area contributed by atoms with E-state index in [-0.39, 0.29) is 29.0 Å². The van der Waals surface area contributed by atoms with Crippen molar-refractivity contribution in [3.63, 3.8) is 0 Å². The van der Waals surface area contributed by atoms with Crippen LogP contribution in [0, 0.1) is 0 Å². The number of Topliss-reactive ketones (excluding diaryl/α,β-unsaturated/α-hetero) is 1. The van der Waals surface area contributed by atoms with Gasteiger partial charge in [0.1, 0.15) is 5.75 Å². The molecule has 0 radical (unpaired) electrons. The molecule has 3 aromatic carbocycles. The average Bonchev–Trinajstić information content (AvgIpc) is 3.23. The van der Waals surface area contributed by atoms with Gasteiger partial charge in [0.05, 0.1) is 11.7 Å². The van der Waals surface area contributed by atoms with Crippen LogP contribution in [-0.2, 0) is 17.1 Å². The van der Waals surface area contributed by atoms with Gasteiger partial charge in [0, 0.05) is 6.42 Å². The zero-order valence-electron chi connectivity index (χ0n) is 12.0. The summed E-state index contributed by atoms with van der Waals surface area (Å²) < 4.78 is 5.83. The summed E-state index contributed by atoms with van der Waals surface area (Å²) in [6, 6.07) is 25.3. The molecule has 3 aromatic rings. The second-order valence-electron chi connectivity index (χ2n) is 4.91. The van der Waals surface area contributed by atoms with E-state index in [1.807, 2.05) is 78.9 Å². The third-order valence-corrected chi connectivity index (χ3v) is 3.44. The van der Waals surface area contributed by atoms with E-state index in [0.29, 0.717) is 17.7 Å². The zero-order chi connectivity index (χ0) is 14.5. The number of hydrogen-bond donors (Lipinski definition) is 0. The van der Waals surface area contributed by atoms with Crippen molar-refractivity contribution >= 4 is 5.78 Å². The minimum absolute atomic E-state index is 0. The summed E-state index contributed by atoms with van der Waals surface area (Å²) >= 11 is 0. The Kier molecular flexibility index (Phi) is 5.76. The Morgan fingerprint density at radius 2 is 1.68 bits per heavy atom. The first-order valence-corrected chi connectivity index (χ1v) is 7.02. The maximum Gasteiger partial charge on any atom is 2.00 e. The number of para-hydroxylation sites is 1. The number of ether oxygens (including phenoxy) is 1. The molecule has 0 N–H and O–H groups in total. The van der Waals surface area contributed by atoms with Gasteiger partial charge >= 0.3 is 17.1 Å². The van der Waals surface area contributed by atoms with Crippen molar-refractivity contribution in [3.8, 4) is 5.75 Å². The topological polar surface area (TPSA) is 26.3 Å². The number of hydrogen-bond acceptors (Lipinski definition) is 2. The number of benzene rings is 1. The molecule has 1 unspecified atom stereocenters. The monoisotopic (exact) mass is 332 g/mol. The van der Waals surface area contributed by atoms with Crippen LogP contribution in [0.1, 0.15) is 28.4 Å². The molecule has 0 saturated heterocycles. The molecule has 1 atom stereocenters. The first kappa shape index (κ1) is 16.3. The third-order valence-electron chi connectivity index (χ3n) is 3.44. The Labute approximate surface area is 140 Å². The molecule has 22 heavy (non-hydrogen) atoms. The van der Waals surface area contributed by atoms with E-state index >= 15 is 0 Å². The summed E-state index contributed by atoms with van der Waals surface area (Å²) in [5, 5.41) is 0. The van der Waals surface area contributed by atoms with Crippen molar-refractivity contribution in [2.24, 2.45) is 0 Å². The first-order chi connectivity index (χ1) is 10.3. The molecule has 0 aliphatic carbocycles. The van der Waals surface area contributed by atoms with Crippen LogP contribution in [0.25, 0.3) is 0 Å². The van der Waals surface area contributed by atoms with E-state index in [4.69, 9.17) is 4.74 Å². The van der Waals surface area contributed by atoms with Crippen LogP contribution < -0.4 is 4.74 Å². The van der Waals surface area contributed by atoms with Gasteiger partial charge in [-0.1, -0.05) is 12.1 Å². The molecule has 1 aliphatic heterocycles. The Morgan fingerprint density at radius 1 is 1.00 bits per heavy atom. The van der Waals surface area contributed by atoms with Gasteiger partial charge in [-0.05, 0) is 12.1 Å². The normalized spacial score (nSPS) is 15.6. The minimum atomic E-state index is -0.127. The van der Waals surface area contributed by atoms with Gasteiger partial charge in [0.2, 0.25) is 0 Å². The van der Waals surface area contributed by atoms with E-state index in [1.165, 1.54) is 0 Å². The molecule has 0 saturated carbocycles. The molecule has 3 heteroatoms. The Hall–Kier alpha value is -2.09. The predicted octanol–water partition coefficient (Wildman–Crippen LogP) is 4.52. The van der Waals surface area contributed by atoms with Crippen molar-refractivity contribution in [3.05, 3.63) is 90.0 Å². The van der Waals surface area contributed by atoms with Crippen LogP contribution in [0.5, 0.6) is 5.75 Å². The second-order valence-corrected chi connectivity index (χ2v) is 4.91. The third kappa shape index (κ3) is 3.76. The van der Waals surface area contributed by atoms with Gasteiger partial charge in [0.15, 0.2) is 5.78 Å². The van der Waals surface area contributed by atoms with Crippen LogP contribution in [0.2, 0.25) is 0 Å². The fourth-order valence-electron chi connectivity index (χ4n) is 2.38. The first-order valence-electron chi connectivity index (χ1n) is 7.02. The van der Waals surface area contributed by atoms with Crippen molar-refractivity contribution in [1.82, 2.24) is 0 Å². The minimum Gasteiger partial charge on any atom is -0.497 e. The smallest absolute Gasteiger partial charge is 0.497 e. The quantitative estimate of drug-likeness (QED) is 0.484. The number of rotatable bonds is 1. The van der Waals surface area contributed by atoms with E-state index < -0.39 is 0 Å². The molecule has 0 bridgehead atoms. The van der Waals surface area contributed by atoms with Crippen LogP contribution in [0.3, 0.4) is 0 Å². The largest absolute Gasteiger partial charge is 2.00 e. The molecule has 2 nitrogen and oxygen atoms in total. The Bertz CT molecular complexity index is 667. The number of ketones is 1. The fraction of sp³-hybridized carbons (Fsp3) is 0.105. The zero-order valence-corrected chi connectivity index (χ0v) is 13.1. The summed E-state index contributed by atoms with van der Waals surface area (Å²) in [5.41, 5.74) is 1.77. The molecule has 0 amide bonds. The van der Waals surface area contributed by atoms with Crippen LogP contribution >= 0.6 is 0 Å². The molecule has 0 aromatic heterocycles. The summed E-state index contributed by atoms with van der Waals surface area (Å²) in [4.78, 5) is 11.9. The standard InChI is InChI=1S/C14H11O2.C5H5.Fe/c15-12-9-14(10-5-1-2-6-10)16-13-8-4-3-7-11(12)13;1-2-4-5-3-1;/h1-8,14H,9H2;1-5H;/q2*-1;+2. The average molecular weight is 332 g/mol. The van der Waals surface area contributed by atoms with E-state index in [2.05, 4.69) is 0 Å². The summed E-state index contributed by atoms with van der Waals surface area (Å²) in [6.45, 7) is 0. The molecule has 1 heterocycles. The van der Waals surface area contributed by atoms with Crippen molar-refractivity contribution in [1.29, 1.82) is 0 Å². The predicted molar refractivity (Wildman–Crippen MR) is 82.8 cm³/mol. The van der Waals surface area contributed by atoms with Crippen molar-refractivity contribution < 1.29 is 26.6 Å². The van der Waals surface area contributed by atoms with E-state index in [0.717, 1.165) is 5.56 Å². The maximum absolute atomic E-state index is 11.9. The molecular formula is C19H16FeO2. The number of fused-ring (bicyclic) bond motifs is 1. The van der Waals surface area contributed by atoms with Gasteiger partial charge in [-0.25, -0.2) is 24.3 Å². The molecule has 1 aliphatic rings. The van der Waals surface area contributed by atoms with Crippen molar-refractivity contribution in [2.45, 2.75) is 12.5 Å². The van der Waals surface area contributed by atoms with Crippen LogP contribution in [-0.4, -0.2) is 5.78 Å². The number of carbonyl (C=O) groups excluding carboxylic acids is 1. The Balaban J connectivity index is 0.000000253. The van der Waals surface area contributed by atoms with Crippen LogP contribution in [0.15, 0.2) is 78.9 Å². The molecule has 0 spiro atoms. The summed E-state index contributed by atoms with van der Waals surface area (Å²) in [6.07, 6.45) is 0.304. The molecule has 0 fully saturated rings. The summed E-state index contributed by atoms with van der Waals surface area (Å²) in [5.74, 6) is 0.859. The van der Waals surface area contributed by atoms with Crippen molar-refractivity contribution in [2.75, 3.05) is 0 Å². The van der Waals surface area contributed by atoms with Gasteiger partial charge in [-0.15, -0.1) is 5.56 Å². The molecule has 4 rings (SSSR count). The summed E-state index contributed by atoms with van der Waals surface area (Å²) in [7, 11) is 0. The van der Waals surface area contributed by atoms with Gasteiger partial charge < -0.3 is 4.74 Å². The molecular weight excluding hydrogens is 316 g/mol. The van der Waals surface area contributed by atoms with Gasteiger partial charge in [0.25, 0.3) is 0 Å². The van der Waals surface area contributed by atoms with Crippen LogP contribution in [0.4, 0.5) is 0 Å². The van der Waals surface area contributed by atoms with Gasteiger partial charge in [-0.2, -0.15) is 30.3 Å². The van der Waals surface area contributed by atoms with Gasteiger partial charge in [-0.3, -0.25) is 4.79 Å². The maximum atomic E-state index is 11.9. The van der Waals surface area contributed by atoms with E-state index in [1.54, 1.807) is 0 Å².